The Balaban J connectivity index is 2.25. The van der Waals surface area contributed by atoms with Crippen molar-refractivity contribution in [1.29, 1.82) is 0 Å². The smallest absolute Gasteiger partial charge is 0.165 e. The molecule has 1 aliphatic heterocycles. The third kappa shape index (κ3) is 1.97. The van der Waals surface area contributed by atoms with Crippen LogP contribution in [0.3, 0.4) is 0 Å². The number of Topliss-reactive ketones (excluding diaryl/α,β-unsaturated/α-hetero) is 1. The van der Waals surface area contributed by atoms with Gasteiger partial charge >= 0.3 is 0 Å². The number of hydrogen-bond acceptors (Lipinski definition) is 2. The zero-order valence-corrected chi connectivity index (χ0v) is 10.1. The third-order valence-corrected chi connectivity index (χ3v) is 3.39. The zero-order valence-electron chi connectivity index (χ0n) is 10.1. The number of ether oxygens (including phenoxy) is 1. The third-order valence-electron chi connectivity index (χ3n) is 3.39. The lowest BCUT2D eigenvalue weighted by atomic mass is 9.89. The molecule has 2 nitrogen and oxygen atoms in total. The molecule has 2 heteroatoms. The van der Waals surface area contributed by atoms with E-state index in [0.29, 0.717) is 5.92 Å². The van der Waals surface area contributed by atoms with Gasteiger partial charge in [-0.2, -0.15) is 0 Å². The van der Waals surface area contributed by atoms with Gasteiger partial charge in [-0.25, -0.2) is 0 Å². The summed E-state index contributed by atoms with van der Waals surface area (Å²) in [6, 6.07) is 5.79. The highest BCUT2D eigenvalue weighted by molar-refractivity contribution is 5.98. The zero-order chi connectivity index (χ0) is 11.7. The van der Waals surface area contributed by atoms with Gasteiger partial charge in [0.15, 0.2) is 5.78 Å². The van der Waals surface area contributed by atoms with E-state index in [9.17, 15) is 4.79 Å². The molecule has 0 N–H and O–H groups in total. The van der Waals surface area contributed by atoms with Gasteiger partial charge in [-0.3, -0.25) is 4.79 Å². The van der Waals surface area contributed by atoms with Crippen LogP contribution in [-0.4, -0.2) is 12.4 Å². The van der Waals surface area contributed by atoms with Crippen molar-refractivity contribution >= 4 is 5.78 Å². The Hall–Kier alpha value is -1.31. The SMILES string of the molecule is CC(C)C(C)C(=O)c1ccc2c(c1)CCO2. The number of carbonyl (C=O) groups excluding carboxylic acids is 1. The Bertz CT molecular complexity index is 407. The molecule has 86 valence electrons. The van der Waals surface area contributed by atoms with E-state index in [1.165, 1.54) is 5.56 Å². The van der Waals surface area contributed by atoms with Crippen LogP contribution in [0.15, 0.2) is 18.2 Å². The predicted octanol–water partition coefficient (Wildman–Crippen LogP) is 3.10. The Kier molecular flexibility index (Phi) is 2.99. The van der Waals surface area contributed by atoms with Crippen LogP contribution in [-0.2, 0) is 6.42 Å². The van der Waals surface area contributed by atoms with E-state index in [0.717, 1.165) is 24.3 Å². The largest absolute Gasteiger partial charge is 0.493 e. The minimum atomic E-state index is 0.0837. The van der Waals surface area contributed by atoms with Crippen molar-refractivity contribution in [2.24, 2.45) is 11.8 Å². The Morgan fingerprint density at radius 2 is 2.06 bits per heavy atom. The van der Waals surface area contributed by atoms with E-state index < -0.39 is 0 Å². The summed E-state index contributed by atoms with van der Waals surface area (Å²) in [5.74, 6) is 1.65. The summed E-state index contributed by atoms with van der Waals surface area (Å²) in [6.07, 6.45) is 0.923. The highest BCUT2D eigenvalue weighted by Gasteiger charge is 2.20. The molecule has 1 aliphatic rings. The van der Waals surface area contributed by atoms with Crippen molar-refractivity contribution in [3.63, 3.8) is 0 Å². The Morgan fingerprint density at radius 3 is 2.75 bits per heavy atom. The van der Waals surface area contributed by atoms with Crippen LogP contribution >= 0.6 is 0 Å². The molecule has 1 unspecified atom stereocenters. The van der Waals surface area contributed by atoms with Gasteiger partial charge < -0.3 is 4.74 Å². The van der Waals surface area contributed by atoms with Gasteiger partial charge in [0, 0.05) is 17.9 Å². The molecule has 0 aliphatic carbocycles. The first-order chi connectivity index (χ1) is 7.59. The summed E-state index contributed by atoms with van der Waals surface area (Å²) in [6.45, 7) is 6.90. The summed E-state index contributed by atoms with van der Waals surface area (Å²) >= 11 is 0. The predicted molar refractivity (Wildman–Crippen MR) is 64.0 cm³/mol. The van der Waals surface area contributed by atoms with E-state index in [1.807, 2.05) is 25.1 Å². The summed E-state index contributed by atoms with van der Waals surface area (Å²) in [7, 11) is 0. The molecule has 1 aromatic rings. The minimum absolute atomic E-state index is 0.0837. The van der Waals surface area contributed by atoms with Crippen LogP contribution < -0.4 is 4.74 Å². The maximum atomic E-state index is 12.1. The highest BCUT2D eigenvalue weighted by Crippen LogP contribution is 2.27. The van der Waals surface area contributed by atoms with Crippen molar-refractivity contribution in [1.82, 2.24) is 0 Å². The quantitative estimate of drug-likeness (QED) is 0.729. The number of carbonyl (C=O) groups is 1. The minimum Gasteiger partial charge on any atom is -0.493 e. The van der Waals surface area contributed by atoms with Gasteiger partial charge in [-0.1, -0.05) is 20.8 Å². The fraction of sp³-hybridized carbons (Fsp3) is 0.500. The highest BCUT2D eigenvalue weighted by atomic mass is 16.5. The van der Waals surface area contributed by atoms with Crippen molar-refractivity contribution in [2.45, 2.75) is 27.2 Å². The molecule has 0 bridgehead atoms. The molecule has 1 atom stereocenters. The van der Waals surface area contributed by atoms with Crippen LogP contribution in [0.2, 0.25) is 0 Å². The fourth-order valence-electron chi connectivity index (χ4n) is 1.91. The second kappa shape index (κ2) is 4.28. The maximum Gasteiger partial charge on any atom is 0.165 e. The normalized spacial score (nSPS) is 15.8. The molecule has 0 spiro atoms. The number of benzene rings is 1. The number of rotatable bonds is 3. The van der Waals surface area contributed by atoms with Crippen molar-refractivity contribution in [3.8, 4) is 5.75 Å². The van der Waals surface area contributed by atoms with Crippen LogP contribution in [0.1, 0.15) is 36.7 Å². The van der Waals surface area contributed by atoms with Crippen LogP contribution in [0.5, 0.6) is 5.75 Å². The van der Waals surface area contributed by atoms with E-state index in [4.69, 9.17) is 4.74 Å². The van der Waals surface area contributed by atoms with Gasteiger partial charge in [0.05, 0.1) is 6.61 Å². The number of ketones is 1. The standard InChI is InChI=1S/C14H18O2/c1-9(2)10(3)14(15)12-4-5-13-11(8-12)6-7-16-13/h4-5,8-10H,6-7H2,1-3H3. The molecule has 0 aromatic heterocycles. The second-order valence-corrected chi connectivity index (χ2v) is 4.82. The number of hydrogen-bond donors (Lipinski definition) is 0. The van der Waals surface area contributed by atoms with Gasteiger partial charge in [0.2, 0.25) is 0 Å². The van der Waals surface area contributed by atoms with Crippen molar-refractivity contribution in [2.75, 3.05) is 6.61 Å². The Labute approximate surface area is 96.6 Å². The molecule has 0 amide bonds. The lowest BCUT2D eigenvalue weighted by Crippen LogP contribution is -2.17. The summed E-state index contributed by atoms with van der Waals surface area (Å²) in [5.41, 5.74) is 1.99. The molecule has 0 fully saturated rings. The molecule has 1 heterocycles. The molecule has 0 saturated carbocycles. The molecule has 1 aromatic carbocycles. The molecular formula is C14H18O2. The van der Waals surface area contributed by atoms with Gasteiger partial charge in [0.1, 0.15) is 5.75 Å². The van der Waals surface area contributed by atoms with Crippen molar-refractivity contribution < 1.29 is 9.53 Å². The molecule has 0 radical (unpaired) electrons. The first-order valence-corrected chi connectivity index (χ1v) is 5.89. The molecule has 2 rings (SSSR count). The molecular weight excluding hydrogens is 200 g/mol. The monoisotopic (exact) mass is 218 g/mol. The summed E-state index contributed by atoms with van der Waals surface area (Å²) in [4.78, 5) is 12.1. The summed E-state index contributed by atoms with van der Waals surface area (Å²) in [5, 5.41) is 0. The lowest BCUT2D eigenvalue weighted by molar-refractivity contribution is 0.0899. The topological polar surface area (TPSA) is 26.3 Å². The average molecular weight is 218 g/mol. The van der Waals surface area contributed by atoms with Crippen LogP contribution in [0.25, 0.3) is 0 Å². The van der Waals surface area contributed by atoms with E-state index in [1.54, 1.807) is 0 Å². The Morgan fingerprint density at radius 1 is 1.31 bits per heavy atom. The first kappa shape index (κ1) is 11.2. The lowest BCUT2D eigenvalue weighted by Gasteiger charge is -2.14. The molecule has 0 saturated heterocycles. The van der Waals surface area contributed by atoms with E-state index >= 15 is 0 Å². The van der Waals surface area contributed by atoms with E-state index in [2.05, 4.69) is 13.8 Å². The molecule has 16 heavy (non-hydrogen) atoms. The van der Waals surface area contributed by atoms with Crippen LogP contribution in [0.4, 0.5) is 0 Å². The van der Waals surface area contributed by atoms with E-state index in [-0.39, 0.29) is 11.7 Å². The average Bonchev–Trinajstić information content (AvgIpc) is 2.73. The van der Waals surface area contributed by atoms with Gasteiger partial charge in [-0.15, -0.1) is 0 Å². The first-order valence-electron chi connectivity index (χ1n) is 5.89. The van der Waals surface area contributed by atoms with Crippen LogP contribution in [0, 0.1) is 11.8 Å². The van der Waals surface area contributed by atoms with Gasteiger partial charge in [0.25, 0.3) is 0 Å². The maximum absolute atomic E-state index is 12.1. The summed E-state index contributed by atoms with van der Waals surface area (Å²) < 4.78 is 5.43. The number of fused-ring (bicyclic) bond motifs is 1. The van der Waals surface area contributed by atoms with Gasteiger partial charge in [-0.05, 0) is 29.7 Å². The fourth-order valence-corrected chi connectivity index (χ4v) is 1.91. The van der Waals surface area contributed by atoms with Crippen molar-refractivity contribution in [3.05, 3.63) is 29.3 Å². The second-order valence-electron chi connectivity index (χ2n) is 4.82.